The zero-order valence-electron chi connectivity index (χ0n) is 18.0. The molecule has 1 saturated heterocycles. The van der Waals surface area contributed by atoms with Crippen molar-refractivity contribution in [3.63, 3.8) is 0 Å². The molecule has 0 N–H and O–H groups in total. The molecule has 164 valence electrons. The molecule has 2 heterocycles. The van der Waals surface area contributed by atoms with Crippen molar-refractivity contribution in [3.05, 3.63) is 23.8 Å². The normalized spacial score (nSPS) is 13.5. The molecule has 1 aliphatic heterocycles. The van der Waals surface area contributed by atoms with Crippen LogP contribution in [0.3, 0.4) is 0 Å². The Kier molecular flexibility index (Phi) is 7.41. The van der Waals surface area contributed by atoms with Gasteiger partial charge in [0, 0.05) is 31.7 Å². The molecule has 10 heteroatoms. The fourth-order valence-electron chi connectivity index (χ4n) is 3.36. The van der Waals surface area contributed by atoms with E-state index < -0.39 is 0 Å². The van der Waals surface area contributed by atoms with Crippen LogP contribution >= 0.6 is 11.8 Å². The van der Waals surface area contributed by atoms with Crippen LogP contribution in [0.1, 0.15) is 12.5 Å². The molecule has 0 saturated carbocycles. The third-order valence-corrected chi connectivity index (χ3v) is 5.47. The van der Waals surface area contributed by atoms with Crippen molar-refractivity contribution in [2.75, 3.05) is 58.2 Å². The first-order chi connectivity index (χ1) is 15.1. The highest BCUT2D eigenvalue weighted by Crippen LogP contribution is 2.36. The molecule has 0 spiro atoms. The Morgan fingerprint density at radius 3 is 2.45 bits per heavy atom. The van der Waals surface area contributed by atoms with E-state index >= 15 is 0 Å². The average Bonchev–Trinajstić information content (AvgIpc) is 2.82. The zero-order valence-corrected chi connectivity index (χ0v) is 18.9. The van der Waals surface area contributed by atoms with Crippen LogP contribution in [0.4, 0.5) is 10.6 Å². The van der Waals surface area contributed by atoms with E-state index in [1.807, 2.05) is 17.2 Å². The summed E-state index contributed by atoms with van der Waals surface area (Å²) in [5, 5.41) is 10.6. The maximum absolute atomic E-state index is 12.0. The number of nitrogens with zero attached hydrogens (tertiary/aromatic N) is 5. The number of methoxy groups -OCH3 is 2. The van der Waals surface area contributed by atoms with E-state index in [9.17, 15) is 10.1 Å². The molecule has 0 radical (unpaired) electrons. The van der Waals surface area contributed by atoms with Crippen molar-refractivity contribution in [2.24, 2.45) is 0 Å². The fraction of sp³-hybridized carbons (Fsp3) is 0.429. The number of anilines is 1. The van der Waals surface area contributed by atoms with E-state index in [0.29, 0.717) is 66.5 Å². The quantitative estimate of drug-likeness (QED) is 0.492. The number of carbonyl (C=O) groups is 1. The van der Waals surface area contributed by atoms with Gasteiger partial charge in [-0.05, 0) is 31.4 Å². The summed E-state index contributed by atoms with van der Waals surface area (Å²) in [6, 6.07) is 7.71. The number of rotatable bonds is 6. The lowest BCUT2D eigenvalue weighted by Gasteiger charge is -2.35. The van der Waals surface area contributed by atoms with Gasteiger partial charge in [-0.25, -0.2) is 14.8 Å². The third-order valence-electron chi connectivity index (χ3n) is 4.93. The second-order valence-electron chi connectivity index (χ2n) is 6.61. The van der Waals surface area contributed by atoms with Crippen LogP contribution in [0.15, 0.2) is 23.4 Å². The summed E-state index contributed by atoms with van der Waals surface area (Å²) >= 11 is 1.41. The maximum atomic E-state index is 12.0. The average molecular weight is 444 g/mol. The van der Waals surface area contributed by atoms with E-state index in [0.717, 1.165) is 5.56 Å². The Labute approximate surface area is 185 Å². The molecule has 0 bridgehead atoms. The van der Waals surface area contributed by atoms with Gasteiger partial charge < -0.3 is 24.0 Å². The molecule has 31 heavy (non-hydrogen) atoms. The van der Waals surface area contributed by atoms with Gasteiger partial charge in [-0.3, -0.25) is 0 Å². The monoisotopic (exact) mass is 443 g/mol. The van der Waals surface area contributed by atoms with Gasteiger partial charge in [-0.15, -0.1) is 0 Å². The predicted molar refractivity (Wildman–Crippen MR) is 118 cm³/mol. The maximum Gasteiger partial charge on any atom is 0.409 e. The minimum absolute atomic E-state index is 0.318. The Morgan fingerprint density at radius 1 is 1.16 bits per heavy atom. The summed E-state index contributed by atoms with van der Waals surface area (Å²) in [5.74, 6) is 1.71. The highest BCUT2D eigenvalue weighted by atomic mass is 32.2. The van der Waals surface area contributed by atoms with Crippen molar-refractivity contribution in [1.82, 2.24) is 14.9 Å². The number of benzene rings is 1. The van der Waals surface area contributed by atoms with E-state index in [1.54, 1.807) is 38.2 Å². The topological polar surface area (TPSA) is 101 Å². The second kappa shape index (κ2) is 10.2. The highest BCUT2D eigenvalue weighted by molar-refractivity contribution is 7.98. The molecule has 1 fully saturated rings. The van der Waals surface area contributed by atoms with Crippen LogP contribution in [0, 0.1) is 11.3 Å². The molecule has 9 nitrogen and oxygen atoms in total. The molecule has 0 unspecified atom stereocenters. The summed E-state index contributed by atoms with van der Waals surface area (Å²) in [6.45, 7) is 4.21. The molecule has 0 atom stereocenters. The Morgan fingerprint density at radius 2 is 1.87 bits per heavy atom. The van der Waals surface area contributed by atoms with Crippen molar-refractivity contribution < 1.29 is 19.0 Å². The van der Waals surface area contributed by atoms with Crippen LogP contribution in [0.5, 0.6) is 11.5 Å². The summed E-state index contributed by atoms with van der Waals surface area (Å²) in [6.07, 6.45) is 1.57. The van der Waals surface area contributed by atoms with Gasteiger partial charge in [0.25, 0.3) is 0 Å². The smallest absolute Gasteiger partial charge is 0.409 e. The third kappa shape index (κ3) is 4.77. The van der Waals surface area contributed by atoms with Crippen molar-refractivity contribution in [2.45, 2.75) is 12.1 Å². The summed E-state index contributed by atoms with van der Waals surface area (Å²) in [5.41, 5.74) is 1.65. The highest BCUT2D eigenvalue weighted by Gasteiger charge is 2.27. The predicted octanol–water partition coefficient (Wildman–Crippen LogP) is 3.03. The van der Waals surface area contributed by atoms with Crippen molar-refractivity contribution in [1.29, 1.82) is 5.26 Å². The van der Waals surface area contributed by atoms with Gasteiger partial charge >= 0.3 is 6.09 Å². The number of hydrogen-bond donors (Lipinski definition) is 0. The summed E-state index contributed by atoms with van der Waals surface area (Å²) in [7, 11) is 3.14. The number of amides is 1. The second-order valence-corrected chi connectivity index (χ2v) is 7.39. The SMILES string of the molecule is CCOC(=O)N1CCN(c2nc(SC)nc(-c3ccc(OC)c(OC)c3)c2C#N)CC1. The van der Waals surface area contributed by atoms with Crippen LogP contribution in [0.2, 0.25) is 0 Å². The number of thioether (sulfide) groups is 1. The Hall–Kier alpha value is -3.19. The number of nitriles is 1. The van der Waals surface area contributed by atoms with Crippen molar-refractivity contribution >= 4 is 23.7 Å². The lowest BCUT2D eigenvalue weighted by atomic mass is 10.1. The fourth-order valence-corrected chi connectivity index (χ4v) is 3.72. The Balaban J connectivity index is 1.98. The van der Waals surface area contributed by atoms with Crippen LogP contribution in [-0.2, 0) is 4.74 Å². The molecule has 0 aliphatic carbocycles. The minimum atomic E-state index is -0.318. The molecule has 1 aliphatic rings. The Bertz CT molecular complexity index is 986. The van der Waals surface area contributed by atoms with E-state index in [-0.39, 0.29) is 6.09 Å². The van der Waals surface area contributed by atoms with Gasteiger partial charge in [0.05, 0.1) is 26.5 Å². The number of carbonyl (C=O) groups excluding carboxylic acids is 1. The lowest BCUT2D eigenvalue weighted by Crippen LogP contribution is -2.49. The van der Waals surface area contributed by atoms with Gasteiger partial charge in [-0.1, -0.05) is 11.8 Å². The molecule has 3 rings (SSSR count). The molecular weight excluding hydrogens is 418 g/mol. The lowest BCUT2D eigenvalue weighted by molar-refractivity contribution is 0.105. The van der Waals surface area contributed by atoms with Gasteiger partial charge in [0.1, 0.15) is 11.6 Å². The van der Waals surface area contributed by atoms with E-state index in [4.69, 9.17) is 14.2 Å². The molecular formula is C21H25N5O4S. The molecule has 2 aromatic rings. The van der Waals surface area contributed by atoms with E-state index in [1.165, 1.54) is 11.8 Å². The first kappa shape index (κ1) is 22.5. The van der Waals surface area contributed by atoms with E-state index in [2.05, 4.69) is 16.0 Å². The summed E-state index contributed by atoms with van der Waals surface area (Å²) in [4.78, 5) is 24.9. The van der Waals surface area contributed by atoms with Crippen LogP contribution < -0.4 is 14.4 Å². The van der Waals surface area contributed by atoms with Gasteiger partial charge in [0.2, 0.25) is 0 Å². The number of aromatic nitrogens is 2. The largest absolute Gasteiger partial charge is 0.493 e. The number of hydrogen-bond acceptors (Lipinski definition) is 9. The summed E-state index contributed by atoms with van der Waals surface area (Å²) < 4.78 is 15.8. The standard InChI is InChI=1S/C21H25N5O4S/c1-5-30-21(27)26-10-8-25(9-11-26)19-15(13-22)18(23-20(24-19)31-4)14-6-7-16(28-2)17(12-14)29-3/h6-7,12H,5,8-11H2,1-4H3. The molecule has 1 amide bonds. The number of ether oxygens (including phenoxy) is 3. The molecule has 1 aromatic heterocycles. The number of piperazine rings is 1. The minimum Gasteiger partial charge on any atom is -0.493 e. The van der Waals surface area contributed by atoms with Gasteiger partial charge in [0.15, 0.2) is 22.5 Å². The van der Waals surface area contributed by atoms with Crippen LogP contribution in [-0.4, -0.2) is 74.2 Å². The first-order valence-electron chi connectivity index (χ1n) is 9.81. The van der Waals surface area contributed by atoms with Crippen molar-refractivity contribution in [3.8, 4) is 28.8 Å². The zero-order chi connectivity index (χ0) is 22.4. The first-order valence-corrected chi connectivity index (χ1v) is 11.0. The van der Waals surface area contributed by atoms with Gasteiger partial charge in [-0.2, -0.15) is 5.26 Å². The van der Waals surface area contributed by atoms with Crippen LogP contribution in [0.25, 0.3) is 11.3 Å². The molecule has 1 aromatic carbocycles.